The second kappa shape index (κ2) is 8.40. The minimum Gasteiger partial charge on any atom is -0.340 e. The van der Waals surface area contributed by atoms with Crippen molar-refractivity contribution in [3.8, 4) is 0 Å². The van der Waals surface area contributed by atoms with E-state index >= 15 is 0 Å². The van der Waals surface area contributed by atoms with Crippen LogP contribution in [0.2, 0.25) is 0 Å². The van der Waals surface area contributed by atoms with Gasteiger partial charge in [0.15, 0.2) is 0 Å². The van der Waals surface area contributed by atoms with E-state index in [4.69, 9.17) is 0 Å². The third-order valence-electron chi connectivity index (χ3n) is 5.29. The van der Waals surface area contributed by atoms with Crippen LogP contribution in [0.3, 0.4) is 0 Å². The topological polar surface area (TPSA) is 91.3 Å². The molecule has 29 heavy (non-hydrogen) atoms. The maximum Gasteiger partial charge on any atom is 0.328 e. The molecular formula is C21H23N5O3. The van der Waals surface area contributed by atoms with E-state index in [0.717, 1.165) is 25.3 Å². The summed E-state index contributed by atoms with van der Waals surface area (Å²) in [6.45, 7) is 3.93. The smallest absolute Gasteiger partial charge is 0.328 e. The number of amides is 1. The molecule has 0 aliphatic carbocycles. The average molecular weight is 393 g/mol. The van der Waals surface area contributed by atoms with E-state index in [-0.39, 0.29) is 18.9 Å². The Morgan fingerprint density at radius 3 is 2.52 bits per heavy atom. The lowest BCUT2D eigenvalue weighted by Crippen LogP contribution is -2.48. The lowest BCUT2D eigenvalue weighted by Gasteiger charge is -2.34. The van der Waals surface area contributed by atoms with Crippen molar-refractivity contribution in [2.45, 2.75) is 19.5 Å². The van der Waals surface area contributed by atoms with Gasteiger partial charge in [0.25, 0.3) is 5.56 Å². The number of hydrogen-bond donors (Lipinski definition) is 1. The number of benzene rings is 1. The maximum atomic E-state index is 12.7. The second-order valence-electron chi connectivity index (χ2n) is 7.16. The van der Waals surface area contributed by atoms with E-state index in [9.17, 15) is 14.4 Å². The molecule has 3 aromatic rings. The van der Waals surface area contributed by atoms with Gasteiger partial charge >= 0.3 is 5.69 Å². The van der Waals surface area contributed by atoms with Gasteiger partial charge < -0.3 is 4.90 Å². The summed E-state index contributed by atoms with van der Waals surface area (Å²) in [5.74, 6) is 0.0182. The van der Waals surface area contributed by atoms with E-state index in [1.54, 1.807) is 30.5 Å². The molecule has 0 saturated carbocycles. The first kappa shape index (κ1) is 19.1. The summed E-state index contributed by atoms with van der Waals surface area (Å²) in [5, 5.41) is 0.447. The number of nitrogens with one attached hydrogen (secondary N) is 1. The fraction of sp³-hybridized carbons (Fsp3) is 0.333. The molecule has 1 aliphatic rings. The Kier molecular flexibility index (Phi) is 5.53. The van der Waals surface area contributed by atoms with Gasteiger partial charge in [-0.25, -0.2) is 4.79 Å². The number of nitrogens with zero attached hydrogens (tertiary/aromatic N) is 4. The second-order valence-corrected chi connectivity index (χ2v) is 7.16. The van der Waals surface area contributed by atoms with Crippen molar-refractivity contribution < 1.29 is 4.79 Å². The summed E-state index contributed by atoms with van der Waals surface area (Å²) in [4.78, 5) is 47.6. The number of fused-ring (bicyclic) bond motifs is 1. The van der Waals surface area contributed by atoms with Crippen LogP contribution in [0.15, 0.2) is 58.3 Å². The number of carbonyl (C=O) groups excluding carboxylic acids is 1. The standard InChI is InChI=1S/C21H23N5O3/c27-19(25-13-11-24(12-14-25)15-16-5-3-4-9-22-16)8-10-26-18-7-2-1-6-17(18)20(28)23-21(26)29/h1-7,9H,8,10-15H2,(H,23,28,29). The Balaban J connectivity index is 1.36. The molecule has 1 amide bonds. The first-order valence-electron chi connectivity index (χ1n) is 9.74. The number of aromatic amines is 1. The third kappa shape index (κ3) is 4.27. The van der Waals surface area contributed by atoms with E-state index in [1.807, 2.05) is 23.1 Å². The molecule has 2 aromatic heterocycles. The summed E-state index contributed by atoms with van der Waals surface area (Å²) in [5.41, 5.74) is 0.685. The van der Waals surface area contributed by atoms with Crippen LogP contribution in [-0.2, 0) is 17.9 Å². The molecule has 0 spiro atoms. The zero-order valence-electron chi connectivity index (χ0n) is 16.1. The fourth-order valence-corrected chi connectivity index (χ4v) is 3.71. The summed E-state index contributed by atoms with van der Waals surface area (Å²) in [6.07, 6.45) is 2.01. The molecule has 1 N–H and O–H groups in total. The van der Waals surface area contributed by atoms with Crippen molar-refractivity contribution in [1.29, 1.82) is 0 Å². The molecule has 0 atom stereocenters. The number of H-pyrrole nitrogens is 1. The number of carbonyl (C=O) groups is 1. The lowest BCUT2D eigenvalue weighted by atomic mass is 10.2. The molecular weight excluding hydrogens is 370 g/mol. The minimum absolute atomic E-state index is 0.0182. The Labute approximate surface area is 167 Å². The number of para-hydroxylation sites is 1. The number of aromatic nitrogens is 3. The maximum absolute atomic E-state index is 12.7. The molecule has 1 saturated heterocycles. The van der Waals surface area contributed by atoms with Crippen LogP contribution in [-0.4, -0.2) is 56.4 Å². The molecule has 0 radical (unpaired) electrons. The van der Waals surface area contributed by atoms with Crippen molar-refractivity contribution in [3.63, 3.8) is 0 Å². The van der Waals surface area contributed by atoms with E-state index in [0.29, 0.717) is 24.0 Å². The summed E-state index contributed by atoms with van der Waals surface area (Å²) >= 11 is 0. The molecule has 4 rings (SSSR count). The van der Waals surface area contributed by atoms with Gasteiger partial charge in [-0.3, -0.25) is 29.0 Å². The Bertz CT molecular complexity index is 1110. The predicted molar refractivity (Wildman–Crippen MR) is 110 cm³/mol. The van der Waals surface area contributed by atoms with Gasteiger partial charge in [-0.05, 0) is 24.3 Å². The highest BCUT2D eigenvalue weighted by Gasteiger charge is 2.21. The van der Waals surface area contributed by atoms with Gasteiger partial charge in [-0.1, -0.05) is 18.2 Å². The van der Waals surface area contributed by atoms with Crippen LogP contribution in [0.5, 0.6) is 0 Å². The molecule has 1 aliphatic heterocycles. The fourth-order valence-electron chi connectivity index (χ4n) is 3.71. The lowest BCUT2D eigenvalue weighted by molar-refractivity contribution is -0.133. The van der Waals surface area contributed by atoms with Gasteiger partial charge in [0.2, 0.25) is 5.91 Å². The van der Waals surface area contributed by atoms with Crippen molar-refractivity contribution in [2.24, 2.45) is 0 Å². The van der Waals surface area contributed by atoms with Crippen LogP contribution in [0.4, 0.5) is 0 Å². The molecule has 8 nitrogen and oxygen atoms in total. The van der Waals surface area contributed by atoms with Crippen LogP contribution in [0.25, 0.3) is 10.9 Å². The Morgan fingerprint density at radius 2 is 1.76 bits per heavy atom. The quantitative estimate of drug-likeness (QED) is 0.693. The van der Waals surface area contributed by atoms with Gasteiger partial charge in [0, 0.05) is 51.9 Å². The van der Waals surface area contributed by atoms with E-state index in [2.05, 4.69) is 14.9 Å². The molecule has 150 valence electrons. The molecule has 0 bridgehead atoms. The van der Waals surface area contributed by atoms with Crippen molar-refractivity contribution >= 4 is 16.8 Å². The predicted octanol–water partition coefficient (Wildman–Crippen LogP) is 0.819. The Morgan fingerprint density at radius 1 is 1.00 bits per heavy atom. The monoisotopic (exact) mass is 393 g/mol. The highest BCUT2D eigenvalue weighted by molar-refractivity contribution is 5.79. The zero-order valence-corrected chi connectivity index (χ0v) is 16.1. The third-order valence-corrected chi connectivity index (χ3v) is 5.29. The van der Waals surface area contributed by atoms with Crippen molar-refractivity contribution in [3.05, 3.63) is 75.2 Å². The summed E-state index contributed by atoms with van der Waals surface area (Å²) in [7, 11) is 0. The van der Waals surface area contributed by atoms with Crippen molar-refractivity contribution in [1.82, 2.24) is 24.3 Å². The minimum atomic E-state index is -0.485. The van der Waals surface area contributed by atoms with Crippen molar-refractivity contribution in [2.75, 3.05) is 26.2 Å². The number of aryl methyl sites for hydroxylation is 1. The van der Waals surface area contributed by atoms with Crippen LogP contribution in [0, 0.1) is 0 Å². The van der Waals surface area contributed by atoms with Crippen LogP contribution < -0.4 is 11.2 Å². The number of piperazine rings is 1. The van der Waals surface area contributed by atoms with E-state index < -0.39 is 11.2 Å². The first-order valence-corrected chi connectivity index (χ1v) is 9.74. The molecule has 1 fully saturated rings. The highest BCUT2D eigenvalue weighted by Crippen LogP contribution is 2.10. The van der Waals surface area contributed by atoms with Crippen LogP contribution >= 0.6 is 0 Å². The number of rotatable bonds is 5. The largest absolute Gasteiger partial charge is 0.340 e. The Hall–Kier alpha value is -3.26. The normalized spacial score (nSPS) is 15.0. The zero-order chi connectivity index (χ0) is 20.2. The van der Waals surface area contributed by atoms with Gasteiger partial charge in [0.05, 0.1) is 16.6 Å². The van der Waals surface area contributed by atoms with Crippen LogP contribution in [0.1, 0.15) is 12.1 Å². The SMILES string of the molecule is O=C(CCn1c(=O)[nH]c(=O)c2ccccc21)N1CCN(Cc2ccccn2)CC1. The van der Waals surface area contributed by atoms with Gasteiger partial charge in [-0.2, -0.15) is 0 Å². The molecule has 0 unspecified atom stereocenters. The summed E-state index contributed by atoms with van der Waals surface area (Å²) < 4.78 is 1.46. The molecule has 3 heterocycles. The van der Waals surface area contributed by atoms with Gasteiger partial charge in [0.1, 0.15) is 0 Å². The number of hydrogen-bond acceptors (Lipinski definition) is 5. The highest BCUT2D eigenvalue weighted by atomic mass is 16.2. The molecule has 8 heteroatoms. The average Bonchev–Trinajstić information content (AvgIpc) is 2.75. The van der Waals surface area contributed by atoms with Gasteiger partial charge in [-0.15, -0.1) is 0 Å². The first-order chi connectivity index (χ1) is 14.1. The molecule has 1 aromatic carbocycles. The summed E-state index contributed by atoms with van der Waals surface area (Å²) in [6, 6.07) is 12.8. The van der Waals surface area contributed by atoms with E-state index in [1.165, 1.54) is 4.57 Å². The number of pyridine rings is 1.